The van der Waals surface area contributed by atoms with Gasteiger partial charge >= 0.3 is 0 Å². The highest BCUT2D eigenvalue weighted by Gasteiger charge is 2.29. The Kier molecular flexibility index (Phi) is 6.36. The first kappa shape index (κ1) is 21.0. The van der Waals surface area contributed by atoms with Gasteiger partial charge in [-0.15, -0.1) is 0 Å². The van der Waals surface area contributed by atoms with Gasteiger partial charge in [0.15, 0.2) is 6.10 Å². The van der Waals surface area contributed by atoms with E-state index < -0.39 is 0 Å². The Hall–Kier alpha value is -2.69. The van der Waals surface area contributed by atoms with Gasteiger partial charge < -0.3 is 9.74 Å². The number of nitrogens with zero attached hydrogens (tertiary/aromatic N) is 2. The molecule has 0 aliphatic carbocycles. The number of aryl methyl sites for hydroxylation is 1. The van der Waals surface area contributed by atoms with Gasteiger partial charge in [-0.3, -0.25) is 4.79 Å². The van der Waals surface area contributed by atoms with Gasteiger partial charge in [0.2, 0.25) is 5.91 Å². The Morgan fingerprint density at radius 1 is 1.17 bits per heavy atom. The first-order chi connectivity index (χ1) is 13.7. The van der Waals surface area contributed by atoms with Crippen LogP contribution in [0.1, 0.15) is 50.3 Å². The SMILES string of the molecule is Cc1ccccc1C1=NOC(CN(Cc2ccccc2F)C(=O)CC(C)(C)C)C1. The van der Waals surface area contributed by atoms with Crippen LogP contribution in [-0.4, -0.2) is 29.2 Å². The molecule has 1 unspecified atom stereocenters. The van der Waals surface area contributed by atoms with E-state index in [9.17, 15) is 9.18 Å². The number of carbonyl (C=O) groups is 1. The van der Waals surface area contributed by atoms with Crippen LogP contribution in [0.5, 0.6) is 0 Å². The number of carbonyl (C=O) groups excluding carboxylic acids is 1. The molecule has 0 spiro atoms. The van der Waals surface area contributed by atoms with E-state index in [0.717, 1.165) is 16.8 Å². The Bertz CT molecular complexity index is 902. The van der Waals surface area contributed by atoms with E-state index in [-0.39, 0.29) is 29.8 Å². The molecule has 2 aromatic carbocycles. The summed E-state index contributed by atoms with van der Waals surface area (Å²) in [7, 11) is 0. The number of oxime groups is 1. The summed E-state index contributed by atoms with van der Waals surface area (Å²) in [5.41, 5.74) is 3.46. The maximum atomic E-state index is 14.2. The topological polar surface area (TPSA) is 41.9 Å². The molecule has 154 valence electrons. The van der Waals surface area contributed by atoms with E-state index >= 15 is 0 Å². The van der Waals surface area contributed by atoms with Crippen molar-refractivity contribution in [2.75, 3.05) is 6.54 Å². The van der Waals surface area contributed by atoms with Gasteiger partial charge in [0, 0.05) is 30.5 Å². The largest absolute Gasteiger partial charge is 0.390 e. The standard InChI is InChI=1S/C24H29FN2O2/c1-17-9-5-7-11-20(17)22-13-19(29-26-22)16-27(23(28)14-24(2,3)4)15-18-10-6-8-12-21(18)25/h5-12,19H,13-16H2,1-4H3. The van der Waals surface area contributed by atoms with E-state index in [1.165, 1.54) is 6.07 Å². The highest BCUT2D eigenvalue weighted by Crippen LogP contribution is 2.24. The summed E-state index contributed by atoms with van der Waals surface area (Å²) in [5, 5.41) is 4.26. The zero-order valence-corrected chi connectivity index (χ0v) is 17.6. The number of hydrogen-bond acceptors (Lipinski definition) is 3. The van der Waals surface area contributed by atoms with Crippen molar-refractivity contribution in [3.05, 3.63) is 71.0 Å². The van der Waals surface area contributed by atoms with Gasteiger partial charge in [0.1, 0.15) is 5.82 Å². The lowest BCUT2D eigenvalue weighted by molar-refractivity contribution is -0.135. The number of halogens is 1. The second kappa shape index (κ2) is 8.76. The van der Waals surface area contributed by atoms with Crippen molar-refractivity contribution in [3.8, 4) is 0 Å². The van der Waals surface area contributed by atoms with Crippen molar-refractivity contribution in [2.45, 2.75) is 53.2 Å². The van der Waals surface area contributed by atoms with E-state index in [2.05, 4.69) is 5.16 Å². The van der Waals surface area contributed by atoms with Gasteiger partial charge in [-0.2, -0.15) is 0 Å². The maximum absolute atomic E-state index is 14.2. The molecule has 1 heterocycles. The Labute approximate surface area is 172 Å². The summed E-state index contributed by atoms with van der Waals surface area (Å²) in [4.78, 5) is 20.3. The third-order valence-corrected chi connectivity index (χ3v) is 4.97. The molecule has 3 rings (SSSR count). The summed E-state index contributed by atoms with van der Waals surface area (Å²) in [6.07, 6.45) is 0.779. The fourth-order valence-corrected chi connectivity index (χ4v) is 3.48. The fourth-order valence-electron chi connectivity index (χ4n) is 3.48. The van der Waals surface area contributed by atoms with Gasteiger partial charge in [-0.25, -0.2) is 4.39 Å². The maximum Gasteiger partial charge on any atom is 0.223 e. The molecule has 0 aromatic heterocycles. The molecule has 0 saturated heterocycles. The molecule has 4 nitrogen and oxygen atoms in total. The van der Waals surface area contributed by atoms with Crippen molar-refractivity contribution in [2.24, 2.45) is 10.6 Å². The van der Waals surface area contributed by atoms with E-state index in [4.69, 9.17) is 4.84 Å². The van der Waals surface area contributed by atoms with Gasteiger partial charge in [-0.1, -0.05) is 68.4 Å². The molecule has 0 bridgehead atoms. The first-order valence-electron chi connectivity index (χ1n) is 10.0. The lowest BCUT2D eigenvalue weighted by Crippen LogP contribution is -2.39. The van der Waals surface area contributed by atoms with Crippen LogP contribution in [0.3, 0.4) is 0 Å². The van der Waals surface area contributed by atoms with Gasteiger partial charge in [-0.05, 0) is 24.0 Å². The monoisotopic (exact) mass is 396 g/mol. The van der Waals surface area contributed by atoms with Crippen molar-refractivity contribution in [1.82, 2.24) is 4.90 Å². The Morgan fingerprint density at radius 3 is 2.55 bits per heavy atom. The summed E-state index contributed by atoms with van der Waals surface area (Å²) >= 11 is 0. The molecule has 1 aliphatic heterocycles. The predicted octanol–water partition coefficient (Wildman–Crippen LogP) is 5.09. The molecule has 0 N–H and O–H groups in total. The highest BCUT2D eigenvalue weighted by molar-refractivity contribution is 6.02. The van der Waals surface area contributed by atoms with Crippen LogP contribution in [0.15, 0.2) is 53.7 Å². The lowest BCUT2D eigenvalue weighted by atomic mass is 9.91. The molecular weight excluding hydrogens is 367 g/mol. The third kappa shape index (κ3) is 5.66. The average Bonchev–Trinajstić information content (AvgIpc) is 3.10. The Morgan fingerprint density at radius 2 is 1.86 bits per heavy atom. The van der Waals surface area contributed by atoms with Crippen LogP contribution >= 0.6 is 0 Å². The van der Waals surface area contributed by atoms with Crippen LogP contribution in [0.25, 0.3) is 0 Å². The minimum Gasteiger partial charge on any atom is -0.390 e. The molecule has 29 heavy (non-hydrogen) atoms. The van der Waals surface area contributed by atoms with E-state index in [1.807, 2.05) is 52.0 Å². The number of rotatable bonds is 6. The minimum absolute atomic E-state index is 0.00584. The van der Waals surface area contributed by atoms with Gasteiger partial charge in [0.05, 0.1) is 12.3 Å². The smallest absolute Gasteiger partial charge is 0.223 e. The van der Waals surface area contributed by atoms with Crippen molar-refractivity contribution < 1.29 is 14.0 Å². The van der Waals surface area contributed by atoms with Crippen molar-refractivity contribution >= 4 is 11.6 Å². The number of hydrogen-bond donors (Lipinski definition) is 0. The second-order valence-electron chi connectivity index (χ2n) is 8.89. The van der Waals surface area contributed by atoms with Crippen molar-refractivity contribution in [1.29, 1.82) is 0 Å². The van der Waals surface area contributed by atoms with Crippen LogP contribution in [-0.2, 0) is 16.2 Å². The summed E-state index contributed by atoms with van der Waals surface area (Å²) < 4.78 is 14.2. The summed E-state index contributed by atoms with van der Waals surface area (Å²) in [6.45, 7) is 8.72. The molecule has 0 saturated carbocycles. The second-order valence-corrected chi connectivity index (χ2v) is 8.89. The van der Waals surface area contributed by atoms with Crippen LogP contribution < -0.4 is 0 Å². The van der Waals surface area contributed by atoms with Gasteiger partial charge in [0.25, 0.3) is 0 Å². The molecule has 2 aromatic rings. The molecule has 0 radical (unpaired) electrons. The van der Waals surface area contributed by atoms with Crippen LogP contribution in [0, 0.1) is 18.2 Å². The number of amides is 1. The quantitative estimate of drug-likeness (QED) is 0.682. The zero-order chi connectivity index (χ0) is 21.0. The Balaban J connectivity index is 1.73. The molecule has 0 fully saturated rings. The minimum atomic E-state index is -0.301. The first-order valence-corrected chi connectivity index (χ1v) is 10.0. The lowest BCUT2D eigenvalue weighted by Gasteiger charge is -2.28. The predicted molar refractivity (Wildman–Crippen MR) is 113 cm³/mol. The molecular formula is C24H29FN2O2. The fraction of sp³-hybridized carbons (Fsp3) is 0.417. The van der Waals surface area contributed by atoms with E-state index in [1.54, 1.807) is 23.1 Å². The normalized spacial score (nSPS) is 16.3. The van der Waals surface area contributed by atoms with E-state index in [0.29, 0.717) is 24.9 Å². The summed E-state index contributed by atoms with van der Waals surface area (Å²) in [6, 6.07) is 14.6. The van der Waals surface area contributed by atoms with Crippen LogP contribution in [0.2, 0.25) is 0 Å². The zero-order valence-electron chi connectivity index (χ0n) is 17.6. The molecule has 5 heteroatoms. The molecule has 1 atom stereocenters. The van der Waals surface area contributed by atoms with Crippen LogP contribution in [0.4, 0.5) is 4.39 Å². The number of benzene rings is 2. The highest BCUT2D eigenvalue weighted by atomic mass is 19.1. The summed E-state index contributed by atoms with van der Waals surface area (Å²) in [5.74, 6) is -0.307. The van der Waals surface area contributed by atoms with Crippen molar-refractivity contribution in [3.63, 3.8) is 0 Å². The average molecular weight is 397 g/mol. The third-order valence-electron chi connectivity index (χ3n) is 4.97. The molecule has 1 aliphatic rings. The molecule has 1 amide bonds.